The second-order valence-corrected chi connectivity index (χ2v) is 7.82. The average molecular weight is 355 g/mol. The van der Waals surface area contributed by atoms with Crippen molar-refractivity contribution in [1.82, 2.24) is 10.3 Å². The van der Waals surface area contributed by atoms with E-state index in [1.165, 1.54) is 5.56 Å². The van der Waals surface area contributed by atoms with E-state index in [0.29, 0.717) is 6.42 Å². The predicted octanol–water partition coefficient (Wildman–Crippen LogP) is 4.61. The minimum absolute atomic E-state index is 0.0562. The van der Waals surface area contributed by atoms with Crippen LogP contribution in [0.25, 0.3) is 10.6 Å². The zero-order chi connectivity index (χ0) is 16.4. The standard InChI is InChI=1S/C19H18N2OS2/c22-17(11-16-13-24-18(20-16)14-7-10-23-12-14)21-19(8-4-9-19)15-5-2-1-3-6-15/h1-3,5-7,10,12-13H,4,8-9,11H2,(H,21,22). The summed E-state index contributed by atoms with van der Waals surface area (Å²) in [5.41, 5.74) is 3.02. The molecule has 1 aromatic carbocycles. The molecule has 122 valence electrons. The first kappa shape index (κ1) is 15.5. The molecule has 1 aliphatic rings. The maximum atomic E-state index is 12.5. The Balaban J connectivity index is 1.45. The van der Waals surface area contributed by atoms with Crippen LogP contribution < -0.4 is 5.32 Å². The van der Waals surface area contributed by atoms with Gasteiger partial charge in [-0.15, -0.1) is 11.3 Å². The van der Waals surface area contributed by atoms with Crippen LogP contribution in [0.1, 0.15) is 30.5 Å². The topological polar surface area (TPSA) is 42.0 Å². The average Bonchev–Trinajstić information content (AvgIpc) is 3.23. The fraction of sp³-hybridized carbons (Fsp3) is 0.263. The Kier molecular flexibility index (Phi) is 4.21. The molecule has 0 atom stereocenters. The minimum atomic E-state index is -0.176. The highest BCUT2D eigenvalue weighted by Crippen LogP contribution is 2.41. The van der Waals surface area contributed by atoms with E-state index < -0.39 is 0 Å². The molecule has 0 aliphatic heterocycles. The smallest absolute Gasteiger partial charge is 0.226 e. The van der Waals surface area contributed by atoms with Gasteiger partial charge in [0.2, 0.25) is 5.91 Å². The van der Waals surface area contributed by atoms with Crippen molar-refractivity contribution in [1.29, 1.82) is 0 Å². The Morgan fingerprint density at radius 1 is 1.17 bits per heavy atom. The molecule has 4 rings (SSSR count). The van der Waals surface area contributed by atoms with Crippen LogP contribution >= 0.6 is 22.7 Å². The fourth-order valence-electron chi connectivity index (χ4n) is 3.16. The van der Waals surface area contributed by atoms with E-state index in [2.05, 4.69) is 33.9 Å². The number of aromatic nitrogens is 1. The third kappa shape index (κ3) is 3.01. The number of hydrogen-bond donors (Lipinski definition) is 1. The summed E-state index contributed by atoms with van der Waals surface area (Å²) in [6.07, 6.45) is 3.53. The molecule has 5 heteroatoms. The predicted molar refractivity (Wildman–Crippen MR) is 99.2 cm³/mol. The number of thiophene rings is 1. The summed E-state index contributed by atoms with van der Waals surface area (Å²) in [4.78, 5) is 17.1. The number of nitrogens with zero attached hydrogens (tertiary/aromatic N) is 1. The molecule has 1 fully saturated rings. The molecule has 0 radical (unpaired) electrons. The van der Waals surface area contributed by atoms with Crippen molar-refractivity contribution >= 4 is 28.6 Å². The van der Waals surface area contributed by atoms with Gasteiger partial charge in [-0.1, -0.05) is 30.3 Å². The number of amides is 1. The molecule has 1 saturated carbocycles. The number of thiazole rings is 1. The molecule has 1 amide bonds. The largest absolute Gasteiger partial charge is 0.346 e. The van der Waals surface area contributed by atoms with Gasteiger partial charge in [-0.3, -0.25) is 4.79 Å². The van der Waals surface area contributed by atoms with Gasteiger partial charge in [0.25, 0.3) is 0 Å². The SMILES string of the molecule is O=C(Cc1csc(-c2ccsc2)n1)NC1(c2ccccc2)CCC1. The molecule has 24 heavy (non-hydrogen) atoms. The lowest BCUT2D eigenvalue weighted by Gasteiger charge is -2.43. The van der Waals surface area contributed by atoms with Crippen LogP contribution in [0.2, 0.25) is 0 Å². The van der Waals surface area contributed by atoms with E-state index >= 15 is 0 Å². The van der Waals surface area contributed by atoms with E-state index in [4.69, 9.17) is 0 Å². The third-order valence-electron chi connectivity index (χ3n) is 4.57. The van der Waals surface area contributed by atoms with Crippen LogP contribution in [0.3, 0.4) is 0 Å². The number of benzene rings is 1. The molecule has 0 spiro atoms. The zero-order valence-corrected chi connectivity index (χ0v) is 14.8. The summed E-state index contributed by atoms with van der Waals surface area (Å²) < 4.78 is 0. The maximum absolute atomic E-state index is 12.5. The Bertz CT molecular complexity index is 820. The number of carbonyl (C=O) groups is 1. The fourth-order valence-corrected chi connectivity index (χ4v) is 4.69. The molecular weight excluding hydrogens is 336 g/mol. The first-order valence-corrected chi connectivity index (χ1v) is 9.91. The van der Waals surface area contributed by atoms with Gasteiger partial charge in [0.05, 0.1) is 17.7 Å². The summed E-state index contributed by atoms with van der Waals surface area (Å²) in [7, 11) is 0. The second-order valence-electron chi connectivity index (χ2n) is 6.18. The molecule has 3 nitrogen and oxygen atoms in total. The number of rotatable bonds is 5. The van der Waals surface area contributed by atoms with Crippen LogP contribution in [0.4, 0.5) is 0 Å². The van der Waals surface area contributed by atoms with E-state index in [1.807, 2.05) is 29.0 Å². The molecule has 2 heterocycles. The normalized spacial score (nSPS) is 15.7. The highest BCUT2D eigenvalue weighted by Gasteiger charge is 2.39. The molecule has 0 unspecified atom stereocenters. The van der Waals surface area contributed by atoms with Crippen molar-refractivity contribution in [2.75, 3.05) is 0 Å². The molecule has 2 aromatic heterocycles. The summed E-state index contributed by atoms with van der Waals surface area (Å²) in [6, 6.07) is 12.4. The molecule has 0 saturated heterocycles. The molecule has 1 N–H and O–H groups in total. The summed E-state index contributed by atoms with van der Waals surface area (Å²) in [5.74, 6) is 0.0562. The first-order valence-electron chi connectivity index (χ1n) is 8.09. The van der Waals surface area contributed by atoms with Crippen LogP contribution in [0, 0.1) is 0 Å². The Hall–Kier alpha value is -1.98. The summed E-state index contributed by atoms with van der Waals surface area (Å²) in [5, 5.41) is 10.4. The van der Waals surface area contributed by atoms with E-state index in [1.54, 1.807) is 22.7 Å². The van der Waals surface area contributed by atoms with Gasteiger partial charge in [0.1, 0.15) is 5.01 Å². The number of carbonyl (C=O) groups excluding carboxylic acids is 1. The lowest BCUT2D eigenvalue weighted by atomic mass is 9.71. The first-order chi connectivity index (χ1) is 11.8. The highest BCUT2D eigenvalue weighted by atomic mass is 32.1. The Morgan fingerprint density at radius 2 is 2.00 bits per heavy atom. The van der Waals surface area contributed by atoms with E-state index in [9.17, 15) is 4.79 Å². The van der Waals surface area contributed by atoms with Crippen molar-refractivity contribution in [3.05, 3.63) is 63.8 Å². The van der Waals surface area contributed by atoms with Crippen LogP contribution in [-0.4, -0.2) is 10.9 Å². The molecule has 1 aliphatic carbocycles. The number of nitrogens with one attached hydrogen (secondary N) is 1. The van der Waals surface area contributed by atoms with Crippen molar-refractivity contribution < 1.29 is 4.79 Å². The summed E-state index contributed by atoms with van der Waals surface area (Å²) >= 11 is 3.26. The minimum Gasteiger partial charge on any atom is -0.346 e. The van der Waals surface area contributed by atoms with Gasteiger partial charge in [0.15, 0.2) is 0 Å². The molecule has 3 aromatic rings. The van der Waals surface area contributed by atoms with Crippen molar-refractivity contribution in [2.45, 2.75) is 31.2 Å². The third-order valence-corrected chi connectivity index (χ3v) is 6.20. The highest BCUT2D eigenvalue weighted by molar-refractivity contribution is 7.14. The Labute approximate surface area is 149 Å². The van der Waals surface area contributed by atoms with E-state index in [0.717, 1.165) is 35.5 Å². The van der Waals surface area contributed by atoms with Gasteiger partial charge in [-0.05, 0) is 36.3 Å². The van der Waals surface area contributed by atoms with Crippen LogP contribution in [0.15, 0.2) is 52.5 Å². The van der Waals surface area contributed by atoms with E-state index in [-0.39, 0.29) is 11.4 Å². The molecule has 0 bridgehead atoms. The van der Waals surface area contributed by atoms with Gasteiger partial charge < -0.3 is 5.32 Å². The lowest BCUT2D eigenvalue weighted by Crippen LogP contribution is -2.51. The van der Waals surface area contributed by atoms with Gasteiger partial charge in [-0.2, -0.15) is 11.3 Å². The lowest BCUT2D eigenvalue weighted by molar-refractivity contribution is -0.123. The summed E-state index contributed by atoms with van der Waals surface area (Å²) in [6.45, 7) is 0. The van der Waals surface area contributed by atoms with Gasteiger partial charge >= 0.3 is 0 Å². The number of hydrogen-bond acceptors (Lipinski definition) is 4. The van der Waals surface area contributed by atoms with Gasteiger partial charge in [0, 0.05) is 16.3 Å². The zero-order valence-electron chi connectivity index (χ0n) is 13.2. The van der Waals surface area contributed by atoms with Crippen molar-refractivity contribution in [3.8, 4) is 10.6 Å². The molecular formula is C19H18N2OS2. The van der Waals surface area contributed by atoms with Crippen LogP contribution in [-0.2, 0) is 16.8 Å². The van der Waals surface area contributed by atoms with Crippen LogP contribution in [0.5, 0.6) is 0 Å². The van der Waals surface area contributed by atoms with Gasteiger partial charge in [-0.25, -0.2) is 4.98 Å². The maximum Gasteiger partial charge on any atom is 0.226 e. The van der Waals surface area contributed by atoms with Crippen molar-refractivity contribution in [3.63, 3.8) is 0 Å². The van der Waals surface area contributed by atoms with Crippen molar-refractivity contribution in [2.24, 2.45) is 0 Å². The Morgan fingerprint density at radius 3 is 2.67 bits per heavy atom. The second kappa shape index (κ2) is 6.49. The quantitative estimate of drug-likeness (QED) is 0.727. The monoisotopic (exact) mass is 354 g/mol.